The molecule has 4 N–H and O–H groups in total. The molecule has 94 valence electrons. The van der Waals surface area contributed by atoms with E-state index < -0.39 is 0 Å². The van der Waals surface area contributed by atoms with Crippen molar-refractivity contribution in [3.05, 3.63) is 48.8 Å². The number of nitrogens with two attached hydrogens (primary N) is 2. The second-order valence-corrected chi connectivity index (χ2v) is 5.15. The molecule has 0 radical (unpaired) electrons. The summed E-state index contributed by atoms with van der Waals surface area (Å²) in [5.74, 6) is 0. The molecule has 0 saturated heterocycles. The van der Waals surface area contributed by atoms with E-state index in [2.05, 4.69) is 9.97 Å². The Morgan fingerprint density at radius 1 is 0.895 bits per heavy atom. The molecule has 5 heteroatoms. The van der Waals surface area contributed by atoms with E-state index in [4.69, 9.17) is 11.5 Å². The van der Waals surface area contributed by atoms with Crippen molar-refractivity contribution in [2.24, 2.45) is 0 Å². The summed E-state index contributed by atoms with van der Waals surface area (Å²) in [7, 11) is 0. The number of nitrogens with zero attached hydrogens (tertiary/aromatic N) is 2. The van der Waals surface area contributed by atoms with E-state index in [-0.39, 0.29) is 0 Å². The second-order valence-electron chi connectivity index (χ2n) is 4.09. The van der Waals surface area contributed by atoms with Crippen molar-refractivity contribution in [3.63, 3.8) is 0 Å². The van der Waals surface area contributed by atoms with Crippen molar-refractivity contribution in [2.45, 2.75) is 9.92 Å². The average molecular weight is 268 g/mol. The van der Waals surface area contributed by atoms with Crippen LogP contribution < -0.4 is 11.5 Å². The van der Waals surface area contributed by atoms with Gasteiger partial charge in [0.2, 0.25) is 0 Å². The molecule has 2 aromatic carbocycles. The van der Waals surface area contributed by atoms with Crippen LogP contribution in [0.25, 0.3) is 10.9 Å². The molecule has 4 nitrogen and oxygen atoms in total. The van der Waals surface area contributed by atoms with E-state index in [1.165, 1.54) is 0 Å². The molecule has 0 atom stereocenters. The van der Waals surface area contributed by atoms with Crippen LogP contribution in [0.3, 0.4) is 0 Å². The van der Waals surface area contributed by atoms with Gasteiger partial charge in [-0.3, -0.25) is 0 Å². The maximum atomic E-state index is 5.82. The third kappa shape index (κ3) is 2.32. The first kappa shape index (κ1) is 11.8. The lowest BCUT2D eigenvalue weighted by Crippen LogP contribution is -1.94. The zero-order valence-electron chi connectivity index (χ0n) is 10.1. The number of hydrogen-bond acceptors (Lipinski definition) is 5. The van der Waals surface area contributed by atoms with Gasteiger partial charge in [-0.05, 0) is 24.3 Å². The molecule has 0 aliphatic carbocycles. The van der Waals surface area contributed by atoms with Crippen molar-refractivity contribution in [2.75, 3.05) is 11.5 Å². The minimum atomic E-state index is 0.586. The number of anilines is 2. The predicted molar refractivity (Wildman–Crippen MR) is 78.9 cm³/mol. The molecule has 0 amide bonds. The fourth-order valence-electron chi connectivity index (χ4n) is 1.79. The first-order chi connectivity index (χ1) is 9.24. The second kappa shape index (κ2) is 4.78. The van der Waals surface area contributed by atoms with Crippen LogP contribution in [-0.2, 0) is 0 Å². The van der Waals surface area contributed by atoms with Gasteiger partial charge in [-0.15, -0.1) is 0 Å². The van der Waals surface area contributed by atoms with Crippen LogP contribution in [0.15, 0.2) is 58.7 Å². The fourth-order valence-corrected chi connectivity index (χ4v) is 2.72. The fraction of sp³-hybridized carbons (Fsp3) is 0. The number of nitrogen functional groups attached to an aromatic ring is 2. The molecule has 0 fully saturated rings. The molecule has 0 aliphatic rings. The van der Waals surface area contributed by atoms with E-state index >= 15 is 0 Å². The molecule has 3 rings (SSSR count). The summed E-state index contributed by atoms with van der Waals surface area (Å²) in [4.78, 5) is 9.59. The lowest BCUT2D eigenvalue weighted by atomic mass is 10.2. The summed E-state index contributed by atoms with van der Waals surface area (Å²) in [5.41, 5.74) is 13.6. The molecule has 0 bridgehead atoms. The Morgan fingerprint density at radius 2 is 1.74 bits per heavy atom. The van der Waals surface area contributed by atoms with E-state index in [9.17, 15) is 0 Å². The smallest absolute Gasteiger partial charge is 0.117 e. The standard InChI is InChI=1S/C14H12N4S/c15-11-6-5-9(7-12(11)16)19-14-10-3-1-2-4-13(10)17-8-18-14/h1-8H,15-16H2. The van der Waals surface area contributed by atoms with Crippen LogP contribution in [0.2, 0.25) is 0 Å². The quantitative estimate of drug-likeness (QED) is 0.552. The molecule has 0 unspecified atom stereocenters. The highest BCUT2D eigenvalue weighted by atomic mass is 32.2. The number of benzene rings is 2. The number of para-hydroxylation sites is 1. The lowest BCUT2D eigenvalue weighted by Gasteiger charge is -2.06. The highest BCUT2D eigenvalue weighted by molar-refractivity contribution is 7.99. The summed E-state index contributed by atoms with van der Waals surface area (Å²) < 4.78 is 0. The van der Waals surface area contributed by atoms with Crippen molar-refractivity contribution < 1.29 is 0 Å². The highest BCUT2D eigenvalue weighted by Gasteiger charge is 2.06. The Labute approximate surface area is 114 Å². The molecule has 1 heterocycles. The van der Waals surface area contributed by atoms with Crippen LogP contribution in [0.1, 0.15) is 0 Å². The summed E-state index contributed by atoms with van der Waals surface area (Å²) in [6, 6.07) is 13.5. The molecule has 1 aromatic heterocycles. The van der Waals surface area contributed by atoms with Gasteiger partial charge in [-0.25, -0.2) is 9.97 Å². The van der Waals surface area contributed by atoms with Gasteiger partial charge in [-0.2, -0.15) is 0 Å². The first-order valence-corrected chi connectivity index (χ1v) is 6.58. The van der Waals surface area contributed by atoms with E-state index in [1.54, 1.807) is 24.2 Å². The zero-order chi connectivity index (χ0) is 13.2. The maximum Gasteiger partial charge on any atom is 0.117 e. The Kier molecular flexibility index (Phi) is 2.97. The van der Waals surface area contributed by atoms with Gasteiger partial charge < -0.3 is 11.5 Å². The van der Waals surface area contributed by atoms with E-state index in [0.29, 0.717) is 11.4 Å². The number of aromatic nitrogens is 2. The van der Waals surface area contributed by atoms with Crippen LogP contribution in [0.5, 0.6) is 0 Å². The van der Waals surface area contributed by atoms with Crippen molar-refractivity contribution in [1.29, 1.82) is 0 Å². The predicted octanol–water partition coefficient (Wildman–Crippen LogP) is 2.95. The van der Waals surface area contributed by atoms with Gasteiger partial charge in [-0.1, -0.05) is 30.0 Å². The summed E-state index contributed by atoms with van der Waals surface area (Å²) in [6.07, 6.45) is 1.57. The van der Waals surface area contributed by atoms with Gasteiger partial charge in [0, 0.05) is 10.3 Å². The molecule has 0 aliphatic heterocycles. The Hall–Kier alpha value is -2.27. The number of fused-ring (bicyclic) bond motifs is 1. The van der Waals surface area contributed by atoms with E-state index in [1.807, 2.05) is 36.4 Å². The summed E-state index contributed by atoms with van der Waals surface area (Å²) in [5, 5.41) is 1.94. The maximum absolute atomic E-state index is 5.82. The van der Waals surface area contributed by atoms with E-state index in [0.717, 1.165) is 20.8 Å². The largest absolute Gasteiger partial charge is 0.397 e. The zero-order valence-corrected chi connectivity index (χ0v) is 10.9. The Balaban J connectivity index is 2.03. The molecular weight excluding hydrogens is 256 g/mol. The van der Waals surface area contributed by atoms with Crippen molar-refractivity contribution in [3.8, 4) is 0 Å². The molecule has 0 saturated carbocycles. The topological polar surface area (TPSA) is 77.8 Å². The molecular formula is C14H12N4S. The van der Waals surface area contributed by atoms with Crippen LogP contribution in [-0.4, -0.2) is 9.97 Å². The highest BCUT2D eigenvalue weighted by Crippen LogP contribution is 2.32. The third-order valence-electron chi connectivity index (χ3n) is 2.78. The van der Waals surface area contributed by atoms with Gasteiger partial charge in [0.05, 0.1) is 16.9 Å². The van der Waals surface area contributed by atoms with Gasteiger partial charge in [0.25, 0.3) is 0 Å². The average Bonchev–Trinajstić information content (AvgIpc) is 2.43. The Bertz CT molecular complexity index is 737. The van der Waals surface area contributed by atoms with Crippen LogP contribution >= 0.6 is 11.8 Å². The van der Waals surface area contributed by atoms with Crippen LogP contribution in [0, 0.1) is 0 Å². The monoisotopic (exact) mass is 268 g/mol. The molecule has 3 aromatic rings. The number of hydrogen-bond donors (Lipinski definition) is 2. The minimum absolute atomic E-state index is 0.586. The third-order valence-corrected chi connectivity index (χ3v) is 3.79. The SMILES string of the molecule is Nc1ccc(Sc2ncnc3ccccc23)cc1N. The number of rotatable bonds is 2. The van der Waals surface area contributed by atoms with Gasteiger partial charge >= 0.3 is 0 Å². The normalized spacial score (nSPS) is 10.7. The van der Waals surface area contributed by atoms with Gasteiger partial charge in [0.1, 0.15) is 11.4 Å². The lowest BCUT2D eigenvalue weighted by molar-refractivity contribution is 1.10. The first-order valence-electron chi connectivity index (χ1n) is 5.76. The summed E-state index contributed by atoms with van der Waals surface area (Å²) in [6.45, 7) is 0. The minimum Gasteiger partial charge on any atom is -0.397 e. The van der Waals surface area contributed by atoms with Crippen molar-refractivity contribution >= 4 is 34.0 Å². The molecule has 19 heavy (non-hydrogen) atoms. The van der Waals surface area contributed by atoms with Crippen molar-refractivity contribution in [1.82, 2.24) is 9.97 Å². The molecule has 0 spiro atoms. The summed E-state index contributed by atoms with van der Waals surface area (Å²) >= 11 is 1.55. The Morgan fingerprint density at radius 3 is 2.58 bits per heavy atom. The van der Waals surface area contributed by atoms with Crippen LogP contribution in [0.4, 0.5) is 11.4 Å². The van der Waals surface area contributed by atoms with Gasteiger partial charge in [0.15, 0.2) is 0 Å².